The summed E-state index contributed by atoms with van der Waals surface area (Å²) in [7, 11) is 0. The number of carbonyl (C=O) groups is 1. The summed E-state index contributed by atoms with van der Waals surface area (Å²) < 4.78 is 10.8. The fourth-order valence-electron chi connectivity index (χ4n) is 1.74. The highest BCUT2D eigenvalue weighted by Gasteiger charge is 2.34. The van der Waals surface area contributed by atoms with Gasteiger partial charge in [0, 0.05) is 12.6 Å². The highest BCUT2D eigenvalue weighted by Crippen LogP contribution is 2.14. The molecule has 0 saturated carbocycles. The van der Waals surface area contributed by atoms with Gasteiger partial charge in [-0.3, -0.25) is 10.1 Å². The predicted molar refractivity (Wildman–Crippen MR) is 73.6 cm³/mol. The van der Waals surface area contributed by atoms with Crippen LogP contribution in [0.25, 0.3) is 0 Å². The molecule has 0 aliphatic rings. The molecule has 2 atom stereocenters. The van der Waals surface area contributed by atoms with Crippen LogP contribution in [-0.2, 0) is 14.3 Å². The summed E-state index contributed by atoms with van der Waals surface area (Å²) in [4.78, 5) is 12.0. The Hall–Kier alpha value is -0.610. The third-order valence-electron chi connectivity index (χ3n) is 2.91. The molecule has 2 unspecified atom stereocenters. The Kier molecular flexibility index (Phi) is 8.20. The van der Waals surface area contributed by atoms with Gasteiger partial charge in [-0.05, 0) is 47.5 Å². The lowest BCUT2D eigenvalue weighted by atomic mass is 9.97. The number of rotatable bonds is 9. The first-order valence-electron chi connectivity index (χ1n) is 6.92. The number of ether oxygens (including phenoxy) is 2. The third-order valence-corrected chi connectivity index (χ3v) is 2.91. The Morgan fingerprint density at radius 1 is 1.28 bits per heavy atom. The standard InChI is InChI=1S/C14H29NO3/c1-7-12(5)18-10-9-14(6,15-11(3)4)13(16)17-8-2/h11-12,15H,7-10H2,1-6H3. The molecule has 0 aromatic carbocycles. The van der Waals surface area contributed by atoms with Crippen molar-refractivity contribution in [1.82, 2.24) is 5.32 Å². The van der Waals surface area contributed by atoms with Crippen molar-refractivity contribution >= 4 is 5.97 Å². The Morgan fingerprint density at radius 3 is 2.33 bits per heavy atom. The maximum Gasteiger partial charge on any atom is 0.326 e. The van der Waals surface area contributed by atoms with E-state index in [4.69, 9.17) is 9.47 Å². The van der Waals surface area contributed by atoms with E-state index in [2.05, 4.69) is 12.2 Å². The van der Waals surface area contributed by atoms with Crippen LogP contribution in [0.4, 0.5) is 0 Å². The maximum atomic E-state index is 12.0. The second-order valence-corrected chi connectivity index (χ2v) is 5.19. The van der Waals surface area contributed by atoms with Crippen molar-refractivity contribution in [2.75, 3.05) is 13.2 Å². The minimum atomic E-state index is -0.669. The third kappa shape index (κ3) is 6.36. The lowest BCUT2D eigenvalue weighted by Gasteiger charge is -2.31. The maximum absolute atomic E-state index is 12.0. The lowest BCUT2D eigenvalue weighted by Crippen LogP contribution is -2.54. The number of carbonyl (C=O) groups excluding carboxylic acids is 1. The van der Waals surface area contributed by atoms with Crippen molar-refractivity contribution in [3.63, 3.8) is 0 Å². The van der Waals surface area contributed by atoms with Crippen LogP contribution in [0.15, 0.2) is 0 Å². The topological polar surface area (TPSA) is 47.6 Å². The first-order valence-corrected chi connectivity index (χ1v) is 6.92. The summed E-state index contributed by atoms with van der Waals surface area (Å²) in [6, 6.07) is 0.225. The monoisotopic (exact) mass is 259 g/mol. The Bertz CT molecular complexity index is 243. The van der Waals surface area contributed by atoms with E-state index >= 15 is 0 Å². The largest absolute Gasteiger partial charge is 0.465 e. The van der Waals surface area contributed by atoms with Crippen LogP contribution in [-0.4, -0.2) is 36.9 Å². The molecule has 0 heterocycles. The van der Waals surface area contributed by atoms with Crippen molar-refractivity contribution in [3.8, 4) is 0 Å². The van der Waals surface area contributed by atoms with Crippen molar-refractivity contribution < 1.29 is 14.3 Å². The molecule has 0 spiro atoms. The fourth-order valence-corrected chi connectivity index (χ4v) is 1.74. The van der Waals surface area contributed by atoms with Gasteiger partial charge in [0.05, 0.1) is 12.7 Å². The molecule has 4 nitrogen and oxygen atoms in total. The van der Waals surface area contributed by atoms with Crippen LogP contribution in [0.1, 0.15) is 54.4 Å². The quantitative estimate of drug-likeness (QED) is 0.646. The molecule has 0 aromatic heterocycles. The summed E-state index contributed by atoms with van der Waals surface area (Å²) in [5.74, 6) is -0.202. The summed E-state index contributed by atoms with van der Waals surface area (Å²) >= 11 is 0. The summed E-state index contributed by atoms with van der Waals surface area (Å²) in [6.45, 7) is 12.8. The average molecular weight is 259 g/mol. The van der Waals surface area contributed by atoms with E-state index in [1.807, 2.05) is 34.6 Å². The van der Waals surface area contributed by atoms with E-state index in [1.165, 1.54) is 0 Å². The van der Waals surface area contributed by atoms with Gasteiger partial charge < -0.3 is 9.47 Å². The number of nitrogens with one attached hydrogen (secondary N) is 1. The van der Waals surface area contributed by atoms with E-state index in [0.717, 1.165) is 6.42 Å². The Morgan fingerprint density at radius 2 is 1.89 bits per heavy atom. The van der Waals surface area contributed by atoms with E-state index < -0.39 is 5.54 Å². The molecule has 0 amide bonds. The molecule has 1 N–H and O–H groups in total. The highest BCUT2D eigenvalue weighted by molar-refractivity contribution is 5.80. The van der Waals surface area contributed by atoms with E-state index in [9.17, 15) is 4.79 Å². The molecule has 0 radical (unpaired) electrons. The number of hydrogen-bond donors (Lipinski definition) is 1. The minimum absolute atomic E-state index is 0.202. The van der Waals surface area contributed by atoms with E-state index in [0.29, 0.717) is 19.6 Å². The van der Waals surface area contributed by atoms with Crippen LogP contribution in [0.2, 0.25) is 0 Å². The molecule has 0 aliphatic heterocycles. The van der Waals surface area contributed by atoms with E-state index in [1.54, 1.807) is 0 Å². The van der Waals surface area contributed by atoms with Gasteiger partial charge >= 0.3 is 5.97 Å². The molecular weight excluding hydrogens is 230 g/mol. The van der Waals surface area contributed by atoms with Crippen molar-refractivity contribution in [3.05, 3.63) is 0 Å². The van der Waals surface area contributed by atoms with E-state index in [-0.39, 0.29) is 18.1 Å². The second kappa shape index (κ2) is 8.48. The Balaban J connectivity index is 4.42. The van der Waals surface area contributed by atoms with Crippen LogP contribution >= 0.6 is 0 Å². The molecule has 108 valence electrons. The highest BCUT2D eigenvalue weighted by atomic mass is 16.5. The van der Waals surface area contributed by atoms with Gasteiger partial charge in [0.1, 0.15) is 5.54 Å². The van der Waals surface area contributed by atoms with Gasteiger partial charge in [-0.15, -0.1) is 0 Å². The summed E-state index contributed by atoms with van der Waals surface area (Å²) in [5, 5.41) is 3.28. The summed E-state index contributed by atoms with van der Waals surface area (Å²) in [5.41, 5.74) is -0.669. The van der Waals surface area contributed by atoms with Gasteiger partial charge in [0.2, 0.25) is 0 Å². The van der Waals surface area contributed by atoms with Crippen molar-refractivity contribution in [1.29, 1.82) is 0 Å². The van der Waals surface area contributed by atoms with Crippen molar-refractivity contribution in [2.45, 2.75) is 72.1 Å². The summed E-state index contributed by atoms with van der Waals surface area (Å²) in [6.07, 6.45) is 1.83. The molecular formula is C14H29NO3. The van der Waals surface area contributed by atoms with Gasteiger partial charge in [0.15, 0.2) is 0 Å². The van der Waals surface area contributed by atoms with Gasteiger partial charge in [0.25, 0.3) is 0 Å². The zero-order valence-corrected chi connectivity index (χ0v) is 12.7. The zero-order chi connectivity index (χ0) is 14.2. The molecule has 0 bridgehead atoms. The molecule has 0 aromatic rings. The molecule has 0 fully saturated rings. The van der Waals surface area contributed by atoms with Gasteiger partial charge in [-0.1, -0.05) is 6.92 Å². The van der Waals surface area contributed by atoms with Crippen molar-refractivity contribution in [2.24, 2.45) is 0 Å². The molecule has 4 heteroatoms. The molecule has 0 aliphatic carbocycles. The van der Waals surface area contributed by atoms with Gasteiger partial charge in [-0.2, -0.15) is 0 Å². The second-order valence-electron chi connectivity index (χ2n) is 5.19. The lowest BCUT2D eigenvalue weighted by molar-refractivity contribution is -0.152. The fraction of sp³-hybridized carbons (Fsp3) is 0.929. The first kappa shape index (κ1) is 17.4. The average Bonchev–Trinajstić information content (AvgIpc) is 2.28. The first-order chi connectivity index (χ1) is 8.35. The van der Waals surface area contributed by atoms with Crippen LogP contribution in [0, 0.1) is 0 Å². The van der Waals surface area contributed by atoms with Crippen LogP contribution < -0.4 is 5.32 Å². The minimum Gasteiger partial charge on any atom is -0.465 e. The molecule has 0 saturated heterocycles. The molecule has 18 heavy (non-hydrogen) atoms. The van der Waals surface area contributed by atoms with Gasteiger partial charge in [-0.25, -0.2) is 0 Å². The smallest absolute Gasteiger partial charge is 0.326 e. The van der Waals surface area contributed by atoms with Crippen LogP contribution in [0.3, 0.4) is 0 Å². The molecule has 0 rings (SSSR count). The zero-order valence-electron chi connectivity index (χ0n) is 12.7. The predicted octanol–water partition coefficient (Wildman–Crippen LogP) is 2.51. The number of esters is 1. The van der Waals surface area contributed by atoms with Crippen LogP contribution in [0.5, 0.6) is 0 Å². The Labute approximate surface area is 111 Å². The SMILES string of the molecule is CCOC(=O)C(C)(CCOC(C)CC)NC(C)C. The number of hydrogen-bond acceptors (Lipinski definition) is 4. The normalized spacial score (nSPS) is 16.4.